The van der Waals surface area contributed by atoms with Crippen LogP contribution >= 0.6 is 0 Å². The lowest BCUT2D eigenvalue weighted by Crippen LogP contribution is -2.13. The van der Waals surface area contributed by atoms with E-state index in [4.69, 9.17) is 4.74 Å². The van der Waals surface area contributed by atoms with E-state index in [2.05, 4.69) is 28.3 Å². The van der Waals surface area contributed by atoms with Gasteiger partial charge in [-0.05, 0) is 26.7 Å². The van der Waals surface area contributed by atoms with Gasteiger partial charge in [0.15, 0.2) is 0 Å². The summed E-state index contributed by atoms with van der Waals surface area (Å²) < 4.78 is 5.27. The lowest BCUT2D eigenvalue weighted by molar-refractivity contribution is 0.117. The van der Waals surface area contributed by atoms with Crippen LogP contribution in [0.5, 0.6) is 0 Å². The number of ether oxygens (including phenoxy) is 1. The number of methoxy groups -OCH3 is 1. The standard InChI is InChI=1S/C13H21N3O/c1-4-14-12-8-11(10-5-6-10)15-13(16-12)7-9(2)17-3/h8-10H,4-7H2,1-3H3,(H,14,15,16). The van der Waals surface area contributed by atoms with Crippen LogP contribution in [0.4, 0.5) is 5.82 Å². The fraction of sp³-hybridized carbons (Fsp3) is 0.692. The third-order valence-corrected chi connectivity index (χ3v) is 3.02. The van der Waals surface area contributed by atoms with Gasteiger partial charge in [-0.3, -0.25) is 0 Å². The summed E-state index contributed by atoms with van der Waals surface area (Å²) in [5, 5.41) is 3.27. The molecule has 0 aliphatic heterocycles. The van der Waals surface area contributed by atoms with Crippen molar-refractivity contribution in [2.45, 2.75) is 45.1 Å². The Morgan fingerprint density at radius 1 is 1.47 bits per heavy atom. The normalized spacial score (nSPS) is 16.9. The molecule has 0 amide bonds. The van der Waals surface area contributed by atoms with E-state index in [0.717, 1.165) is 24.6 Å². The van der Waals surface area contributed by atoms with E-state index in [0.29, 0.717) is 5.92 Å². The largest absolute Gasteiger partial charge is 0.381 e. The van der Waals surface area contributed by atoms with Crippen LogP contribution in [0.15, 0.2) is 6.07 Å². The minimum atomic E-state index is 0.166. The van der Waals surface area contributed by atoms with Crippen molar-refractivity contribution in [3.05, 3.63) is 17.6 Å². The number of aromatic nitrogens is 2. The van der Waals surface area contributed by atoms with Gasteiger partial charge in [0.2, 0.25) is 0 Å². The van der Waals surface area contributed by atoms with E-state index in [-0.39, 0.29) is 6.10 Å². The van der Waals surface area contributed by atoms with Crippen LogP contribution < -0.4 is 5.32 Å². The average Bonchev–Trinajstić information content (AvgIpc) is 3.12. The number of hydrogen-bond donors (Lipinski definition) is 1. The van der Waals surface area contributed by atoms with Gasteiger partial charge < -0.3 is 10.1 Å². The summed E-state index contributed by atoms with van der Waals surface area (Å²) in [6.07, 6.45) is 3.47. The maximum atomic E-state index is 5.27. The molecule has 1 heterocycles. The van der Waals surface area contributed by atoms with Crippen molar-refractivity contribution < 1.29 is 4.74 Å². The van der Waals surface area contributed by atoms with Crippen molar-refractivity contribution in [2.24, 2.45) is 0 Å². The molecular weight excluding hydrogens is 214 g/mol. The Kier molecular flexibility index (Phi) is 3.94. The zero-order valence-electron chi connectivity index (χ0n) is 10.9. The predicted octanol–water partition coefficient (Wildman–Crippen LogP) is 2.36. The molecular formula is C13H21N3O. The van der Waals surface area contributed by atoms with Crippen LogP contribution in [0, 0.1) is 0 Å². The fourth-order valence-electron chi connectivity index (χ4n) is 1.81. The molecule has 1 fully saturated rings. The highest BCUT2D eigenvalue weighted by molar-refractivity contribution is 5.38. The number of hydrogen-bond acceptors (Lipinski definition) is 4. The van der Waals surface area contributed by atoms with E-state index in [9.17, 15) is 0 Å². The second kappa shape index (κ2) is 5.45. The molecule has 94 valence electrons. The maximum absolute atomic E-state index is 5.27. The minimum Gasteiger partial charge on any atom is -0.381 e. The molecule has 17 heavy (non-hydrogen) atoms. The van der Waals surface area contributed by atoms with Gasteiger partial charge in [-0.15, -0.1) is 0 Å². The third-order valence-electron chi connectivity index (χ3n) is 3.02. The first-order valence-electron chi connectivity index (χ1n) is 6.37. The molecule has 0 spiro atoms. The Morgan fingerprint density at radius 3 is 2.82 bits per heavy atom. The molecule has 4 nitrogen and oxygen atoms in total. The van der Waals surface area contributed by atoms with Crippen molar-refractivity contribution >= 4 is 5.82 Å². The summed E-state index contributed by atoms with van der Waals surface area (Å²) in [7, 11) is 1.72. The number of nitrogens with zero attached hydrogens (tertiary/aromatic N) is 2. The van der Waals surface area contributed by atoms with E-state index in [1.54, 1.807) is 7.11 Å². The molecule has 1 aromatic heterocycles. The van der Waals surface area contributed by atoms with Crippen molar-refractivity contribution in [2.75, 3.05) is 19.0 Å². The highest BCUT2D eigenvalue weighted by Gasteiger charge is 2.26. The Labute approximate surface area is 103 Å². The van der Waals surface area contributed by atoms with Gasteiger partial charge in [-0.25, -0.2) is 9.97 Å². The van der Waals surface area contributed by atoms with Crippen LogP contribution in [0.2, 0.25) is 0 Å². The zero-order valence-corrected chi connectivity index (χ0v) is 10.9. The van der Waals surface area contributed by atoms with Gasteiger partial charge in [0.05, 0.1) is 6.10 Å². The molecule has 0 saturated heterocycles. The highest BCUT2D eigenvalue weighted by Crippen LogP contribution is 2.39. The van der Waals surface area contributed by atoms with Gasteiger partial charge >= 0.3 is 0 Å². The summed E-state index contributed by atoms with van der Waals surface area (Å²) in [6, 6.07) is 2.09. The van der Waals surface area contributed by atoms with Crippen molar-refractivity contribution in [3.8, 4) is 0 Å². The monoisotopic (exact) mass is 235 g/mol. The maximum Gasteiger partial charge on any atom is 0.133 e. The number of nitrogens with one attached hydrogen (secondary N) is 1. The van der Waals surface area contributed by atoms with Crippen LogP contribution in [0.3, 0.4) is 0 Å². The van der Waals surface area contributed by atoms with Gasteiger partial charge in [-0.2, -0.15) is 0 Å². The van der Waals surface area contributed by atoms with Crippen molar-refractivity contribution in [3.63, 3.8) is 0 Å². The highest BCUT2D eigenvalue weighted by atomic mass is 16.5. The molecule has 1 unspecified atom stereocenters. The first-order chi connectivity index (χ1) is 8.22. The van der Waals surface area contributed by atoms with E-state index in [1.807, 2.05) is 6.92 Å². The molecule has 0 aromatic carbocycles. The Morgan fingerprint density at radius 2 is 2.24 bits per heavy atom. The summed E-state index contributed by atoms with van der Waals surface area (Å²) in [4.78, 5) is 9.15. The molecule has 0 bridgehead atoms. The lowest BCUT2D eigenvalue weighted by Gasteiger charge is -2.11. The molecule has 4 heteroatoms. The summed E-state index contributed by atoms with van der Waals surface area (Å²) in [5.41, 5.74) is 1.19. The quantitative estimate of drug-likeness (QED) is 0.822. The van der Waals surface area contributed by atoms with Gasteiger partial charge in [0.25, 0.3) is 0 Å². The molecule has 2 rings (SSSR count). The van der Waals surface area contributed by atoms with E-state index < -0.39 is 0 Å². The predicted molar refractivity (Wildman–Crippen MR) is 68.3 cm³/mol. The summed E-state index contributed by atoms with van der Waals surface area (Å²) >= 11 is 0. The van der Waals surface area contributed by atoms with Crippen LogP contribution in [-0.4, -0.2) is 29.7 Å². The summed E-state index contributed by atoms with van der Waals surface area (Å²) in [5.74, 6) is 2.49. The third kappa shape index (κ3) is 3.40. The molecule has 1 N–H and O–H groups in total. The first kappa shape index (κ1) is 12.3. The fourth-order valence-corrected chi connectivity index (χ4v) is 1.81. The molecule has 1 aromatic rings. The van der Waals surface area contributed by atoms with Gasteiger partial charge in [0.1, 0.15) is 11.6 Å². The lowest BCUT2D eigenvalue weighted by atomic mass is 10.2. The Bertz CT molecular complexity index is 377. The first-order valence-corrected chi connectivity index (χ1v) is 6.37. The van der Waals surface area contributed by atoms with E-state index in [1.165, 1.54) is 18.5 Å². The molecule has 0 radical (unpaired) electrons. The second-order valence-electron chi connectivity index (χ2n) is 4.65. The SMILES string of the molecule is CCNc1cc(C2CC2)nc(CC(C)OC)n1. The number of anilines is 1. The molecule has 1 saturated carbocycles. The number of rotatable bonds is 6. The molecule has 1 atom stereocenters. The minimum absolute atomic E-state index is 0.166. The summed E-state index contributed by atoms with van der Waals surface area (Å²) in [6.45, 7) is 5.01. The van der Waals surface area contributed by atoms with Crippen LogP contribution in [0.25, 0.3) is 0 Å². The smallest absolute Gasteiger partial charge is 0.133 e. The average molecular weight is 235 g/mol. The van der Waals surface area contributed by atoms with Crippen LogP contribution in [0.1, 0.15) is 44.1 Å². The van der Waals surface area contributed by atoms with Gasteiger partial charge in [-0.1, -0.05) is 0 Å². The van der Waals surface area contributed by atoms with Crippen molar-refractivity contribution in [1.82, 2.24) is 9.97 Å². The van der Waals surface area contributed by atoms with Crippen molar-refractivity contribution in [1.29, 1.82) is 0 Å². The van der Waals surface area contributed by atoms with E-state index >= 15 is 0 Å². The second-order valence-corrected chi connectivity index (χ2v) is 4.65. The molecule has 1 aliphatic carbocycles. The topological polar surface area (TPSA) is 47.0 Å². The van der Waals surface area contributed by atoms with Crippen LogP contribution in [-0.2, 0) is 11.2 Å². The Balaban J connectivity index is 2.17. The Hall–Kier alpha value is -1.16. The van der Waals surface area contributed by atoms with Gasteiger partial charge in [0, 0.05) is 37.8 Å². The zero-order chi connectivity index (χ0) is 12.3. The molecule has 1 aliphatic rings.